The molecular weight excluding hydrogens is 66.1 g/mol. The molecule has 0 N–H and O–H groups in total. The first-order valence-electron chi connectivity index (χ1n) is 0.770. The molecule has 0 heterocycles. The normalized spacial score (nSPS) is 3.75. The number of rotatable bonds is 0. The highest BCUT2D eigenvalue weighted by Crippen LogP contribution is 1.32. The van der Waals surface area contributed by atoms with Gasteiger partial charge in [0.25, 0.3) is 0 Å². The molecule has 0 saturated heterocycles. The molecule has 0 bridgehead atoms. The van der Waals surface area contributed by atoms with Crippen LogP contribution in [0.1, 0.15) is 0 Å². The van der Waals surface area contributed by atoms with E-state index in [0.29, 0.717) is 0 Å². The second kappa shape index (κ2) is 2.58. The van der Waals surface area contributed by atoms with E-state index in [2.05, 4.69) is 14.7 Å². The van der Waals surface area contributed by atoms with E-state index in [9.17, 15) is 0 Å². The van der Waals surface area contributed by atoms with E-state index in [0.717, 1.165) is 0 Å². The van der Waals surface area contributed by atoms with E-state index in [1.54, 1.807) is 0 Å². The molecule has 2 radical (unpaired) electrons. The summed E-state index contributed by atoms with van der Waals surface area (Å²) in [4.78, 5) is 2.77. The van der Waals surface area contributed by atoms with Crippen LogP contribution < -0.4 is 0 Å². The van der Waals surface area contributed by atoms with Crippen LogP contribution in [-0.2, 0) is 0 Å². The van der Waals surface area contributed by atoms with Gasteiger partial charge in [0.1, 0.15) is 5.80 Å². The average molecular weight is 67.1 g/mol. The molecule has 2 heteroatoms. The standard InChI is InChI=1S/C2HNSi/c1-3-2-4/h2H. The number of hydrogen-bond acceptors (Lipinski definition) is 0. The molecule has 0 saturated carbocycles. The lowest BCUT2D eigenvalue weighted by Crippen LogP contribution is -1.43. The minimum atomic E-state index is 1.22. The van der Waals surface area contributed by atoms with E-state index in [1.807, 2.05) is 0 Å². The number of nitrogens with zero attached hydrogens (tertiary/aromatic N) is 1. The summed E-state index contributed by atoms with van der Waals surface area (Å²) >= 11 is 0. The van der Waals surface area contributed by atoms with Crippen LogP contribution in [0.25, 0.3) is 4.85 Å². The van der Waals surface area contributed by atoms with Gasteiger partial charge in [-0.05, 0) is 0 Å². The van der Waals surface area contributed by atoms with E-state index in [4.69, 9.17) is 6.57 Å². The molecule has 0 aliphatic carbocycles. The fraction of sp³-hybridized carbons (Fsp3) is 0. The van der Waals surface area contributed by atoms with Crippen molar-refractivity contribution in [1.82, 2.24) is 0 Å². The van der Waals surface area contributed by atoms with Crippen LogP contribution in [0.5, 0.6) is 0 Å². The van der Waals surface area contributed by atoms with Crippen molar-refractivity contribution >= 4 is 15.7 Å². The monoisotopic (exact) mass is 67.0 g/mol. The van der Waals surface area contributed by atoms with Gasteiger partial charge in [0.05, 0.1) is 6.57 Å². The van der Waals surface area contributed by atoms with Crippen LogP contribution in [0.3, 0.4) is 0 Å². The van der Waals surface area contributed by atoms with E-state index < -0.39 is 0 Å². The summed E-state index contributed by atoms with van der Waals surface area (Å²) in [5.74, 6) is 1.22. The van der Waals surface area contributed by atoms with Gasteiger partial charge in [0.2, 0.25) is 0 Å². The zero-order valence-corrected chi connectivity index (χ0v) is 3.02. The van der Waals surface area contributed by atoms with Crippen molar-refractivity contribution in [2.75, 3.05) is 0 Å². The predicted molar refractivity (Wildman–Crippen MR) is 18.4 cm³/mol. The molecule has 0 aromatic rings. The number of hydrogen-bond donors (Lipinski definition) is 0. The van der Waals surface area contributed by atoms with Crippen LogP contribution >= 0.6 is 0 Å². The molecule has 4 heavy (non-hydrogen) atoms. The van der Waals surface area contributed by atoms with Gasteiger partial charge >= 0.3 is 0 Å². The second-order valence-electron chi connectivity index (χ2n) is 0.258. The molecule has 0 fully saturated rings. The summed E-state index contributed by atoms with van der Waals surface area (Å²) in [5.41, 5.74) is 0. The maximum absolute atomic E-state index is 5.97. The topological polar surface area (TPSA) is 4.36 Å². The quantitative estimate of drug-likeness (QED) is 0.274. The van der Waals surface area contributed by atoms with Crippen molar-refractivity contribution in [1.29, 1.82) is 0 Å². The summed E-state index contributed by atoms with van der Waals surface area (Å²) in [6.45, 7) is 5.97. The first-order valence-corrected chi connectivity index (χ1v) is 1.35. The Morgan fingerprint density at radius 2 is 2.25 bits per heavy atom. The molecule has 0 aliphatic rings. The Balaban J connectivity index is 2.92. The molecular formula is C2HNSi. The van der Waals surface area contributed by atoms with Gasteiger partial charge in [-0.25, -0.2) is 0 Å². The Morgan fingerprint density at radius 3 is 2.25 bits per heavy atom. The van der Waals surface area contributed by atoms with Crippen LogP contribution in [0, 0.1) is 6.57 Å². The molecule has 0 aliphatic heterocycles. The SMILES string of the molecule is [C-]#[N+]C=[Si]. The first-order chi connectivity index (χ1) is 1.91. The van der Waals surface area contributed by atoms with E-state index in [1.165, 1.54) is 5.80 Å². The largest absolute Gasteiger partial charge is 0.251 e. The molecule has 0 spiro atoms. The molecule has 0 aromatic heterocycles. The molecule has 18 valence electrons. The van der Waals surface area contributed by atoms with E-state index in [-0.39, 0.29) is 0 Å². The van der Waals surface area contributed by atoms with Crippen LogP contribution in [0.15, 0.2) is 0 Å². The summed E-state index contributed by atoms with van der Waals surface area (Å²) in [7, 11) is 2.81. The summed E-state index contributed by atoms with van der Waals surface area (Å²) < 4.78 is 0. The van der Waals surface area contributed by atoms with Gasteiger partial charge in [0.15, 0.2) is 0 Å². The van der Waals surface area contributed by atoms with Gasteiger partial charge in [-0.15, -0.1) is 0 Å². The van der Waals surface area contributed by atoms with Gasteiger partial charge in [0, 0.05) is 9.85 Å². The Labute approximate surface area is 28.1 Å². The molecule has 1 nitrogen and oxygen atoms in total. The highest BCUT2D eigenvalue weighted by Gasteiger charge is 1.30. The van der Waals surface area contributed by atoms with E-state index >= 15 is 0 Å². The predicted octanol–water partition coefficient (Wildman–Crippen LogP) is -0.166. The van der Waals surface area contributed by atoms with Crippen LogP contribution in [0.4, 0.5) is 0 Å². The van der Waals surface area contributed by atoms with Gasteiger partial charge < -0.3 is 0 Å². The van der Waals surface area contributed by atoms with Crippen molar-refractivity contribution in [2.45, 2.75) is 0 Å². The molecule has 0 amide bonds. The molecule has 0 atom stereocenters. The lowest BCUT2D eigenvalue weighted by Gasteiger charge is -1.37. The smallest absolute Gasteiger partial charge is 0.123 e. The highest BCUT2D eigenvalue weighted by atomic mass is 28.1. The van der Waals surface area contributed by atoms with Crippen molar-refractivity contribution in [3.63, 3.8) is 0 Å². The van der Waals surface area contributed by atoms with Crippen molar-refractivity contribution in [3.8, 4) is 0 Å². The minimum Gasteiger partial charge on any atom is -0.251 e. The van der Waals surface area contributed by atoms with Gasteiger partial charge in [-0.1, -0.05) is 0 Å². The molecule has 0 aromatic carbocycles. The zero-order valence-electron chi connectivity index (χ0n) is 2.02. The highest BCUT2D eigenvalue weighted by molar-refractivity contribution is 6.29. The lowest BCUT2D eigenvalue weighted by atomic mass is 11.5. The van der Waals surface area contributed by atoms with Crippen molar-refractivity contribution in [2.24, 2.45) is 0 Å². The van der Waals surface area contributed by atoms with Crippen molar-refractivity contribution in [3.05, 3.63) is 11.4 Å². The maximum atomic E-state index is 5.97. The summed E-state index contributed by atoms with van der Waals surface area (Å²) in [5, 5.41) is 0. The minimum absolute atomic E-state index is 1.22. The third kappa shape index (κ3) is 1.58. The van der Waals surface area contributed by atoms with Crippen molar-refractivity contribution < 1.29 is 0 Å². The Kier molecular flexibility index (Phi) is 2.30. The first kappa shape index (κ1) is 3.58. The third-order valence-corrected chi connectivity index (χ3v) is 0.194. The Bertz CT molecular complexity index is 51.5. The Hall–Kier alpha value is -0.423. The molecule has 0 rings (SSSR count). The second-order valence-corrected chi connectivity index (χ2v) is 0.516. The lowest BCUT2D eigenvalue weighted by molar-refractivity contribution is 2.49. The average Bonchev–Trinajstić information content (AvgIpc) is 1.37. The Morgan fingerprint density at radius 1 is 2.00 bits per heavy atom. The zero-order chi connectivity index (χ0) is 3.41. The fourth-order valence-corrected chi connectivity index (χ4v) is 0. The fourth-order valence-electron chi connectivity index (χ4n) is 0. The van der Waals surface area contributed by atoms with Gasteiger partial charge in [-0.2, -0.15) is 0 Å². The third-order valence-electron chi connectivity index (χ3n) is 0.0645. The summed E-state index contributed by atoms with van der Waals surface area (Å²) in [6, 6.07) is 0. The van der Waals surface area contributed by atoms with Crippen LogP contribution in [0.2, 0.25) is 0 Å². The maximum Gasteiger partial charge on any atom is 0.123 e. The molecule has 0 unspecified atom stereocenters. The van der Waals surface area contributed by atoms with Gasteiger partial charge in [-0.3, -0.25) is 4.85 Å². The van der Waals surface area contributed by atoms with Crippen LogP contribution in [-0.4, -0.2) is 15.7 Å². The summed E-state index contributed by atoms with van der Waals surface area (Å²) in [6.07, 6.45) is 0.